The van der Waals surface area contributed by atoms with Crippen molar-refractivity contribution in [3.8, 4) is 0 Å². The Balaban J connectivity index is 1.76. The third-order valence-electron chi connectivity index (χ3n) is 5.21. The maximum Gasteiger partial charge on any atom is 0.263 e. The highest BCUT2D eigenvalue weighted by Gasteiger charge is 2.32. The third-order valence-corrected chi connectivity index (χ3v) is 6.60. The molecule has 0 saturated carbocycles. The Bertz CT molecular complexity index is 1140. The van der Waals surface area contributed by atoms with Crippen LogP contribution in [0.25, 0.3) is 0 Å². The van der Waals surface area contributed by atoms with Crippen LogP contribution in [0.5, 0.6) is 0 Å². The van der Waals surface area contributed by atoms with E-state index in [4.69, 9.17) is 0 Å². The van der Waals surface area contributed by atoms with E-state index in [0.717, 1.165) is 5.56 Å². The van der Waals surface area contributed by atoms with Gasteiger partial charge in [-0.1, -0.05) is 45.0 Å². The fraction of sp³-hybridized carbons (Fsp3) is 0.348. The summed E-state index contributed by atoms with van der Waals surface area (Å²) in [5.41, 5.74) is 2.02. The Morgan fingerprint density at radius 1 is 1.03 bits per heavy atom. The number of benzene rings is 2. The number of sulfonamides is 1. The lowest BCUT2D eigenvalue weighted by atomic mass is 10.0. The molecule has 2 atom stereocenters. The average Bonchev–Trinajstić information content (AvgIpc) is 3.02. The molecule has 0 bridgehead atoms. The number of hydrogen-bond acceptors (Lipinski definition) is 5. The predicted molar refractivity (Wildman–Crippen MR) is 124 cm³/mol. The molecule has 32 heavy (non-hydrogen) atoms. The summed E-state index contributed by atoms with van der Waals surface area (Å²) in [5.74, 6) is -0.342. The highest BCUT2D eigenvalue weighted by atomic mass is 32.2. The highest BCUT2D eigenvalue weighted by Crippen LogP contribution is 2.24. The first-order chi connectivity index (χ1) is 15.1. The number of hydrogen-bond donors (Lipinski definition) is 3. The maximum atomic E-state index is 13.0. The zero-order valence-electron chi connectivity index (χ0n) is 18.5. The summed E-state index contributed by atoms with van der Waals surface area (Å²) < 4.78 is 27.1. The number of nitrogens with one attached hydrogen (secondary N) is 3. The van der Waals surface area contributed by atoms with E-state index >= 15 is 0 Å². The summed E-state index contributed by atoms with van der Waals surface area (Å²) >= 11 is 0. The first kappa shape index (κ1) is 23.5. The lowest BCUT2D eigenvalue weighted by Crippen LogP contribution is -2.39. The molecule has 3 rings (SSSR count). The van der Waals surface area contributed by atoms with Crippen molar-refractivity contribution in [2.45, 2.75) is 51.1 Å². The largest absolute Gasteiger partial charge is 0.348 e. The van der Waals surface area contributed by atoms with Crippen molar-refractivity contribution >= 4 is 33.4 Å². The van der Waals surface area contributed by atoms with Crippen molar-refractivity contribution in [2.75, 3.05) is 5.32 Å². The Morgan fingerprint density at radius 2 is 1.69 bits per heavy atom. The minimum atomic E-state index is -3.68. The Kier molecular flexibility index (Phi) is 6.98. The minimum Gasteiger partial charge on any atom is -0.348 e. The molecule has 9 heteroatoms. The van der Waals surface area contributed by atoms with Crippen LogP contribution < -0.4 is 15.4 Å². The number of rotatable bonds is 7. The number of carbonyl (C=O) groups is 2. The van der Waals surface area contributed by atoms with Crippen molar-refractivity contribution < 1.29 is 18.0 Å². The van der Waals surface area contributed by atoms with E-state index in [0.29, 0.717) is 17.7 Å². The van der Waals surface area contributed by atoms with Crippen LogP contribution >= 0.6 is 0 Å². The zero-order valence-corrected chi connectivity index (χ0v) is 19.4. The number of amidine groups is 1. The summed E-state index contributed by atoms with van der Waals surface area (Å²) in [7, 11) is -3.68. The second-order valence-corrected chi connectivity index (χ2v) is 9.67. The standard InChI is InChI=1S/C23H28N4O4S/c1-5-20(28)25-17-12-10-16(11-13-17)15(4)24-23(29)21(14(2)3)26-22-18-8-6-7-9-19(18)32(30,31)27-22/h6-15,21H,5H2,1-4H3,(H,24,29)(H,25,28)(H,26,27)/t15?,21-/m0/s1. The van der Waals surface area contributed by atoms with Crippen molar-refractivity contribution in [1.29, 1.82) is 0 Å². The predicted octanol–water partition coefficient (Wildman–Crippen LogP) is 2.98. The number of aliphatic imine (C=N–C) groups is 1. The molecule has 2 amide bonds. The molecule has 1 aliphatic heterocycles. The highest BCUT2D eigenvalue weighted by molar-refractivity contribution is 7.90. The van der Waals surface area contributed by atoms with E-state index in [1.54, 1.807) is 37.3 Å². The van der Waals surface area contributed by atoms with Gasteiger partial charge < -0.3 is 10.6 Å². The van der Waals surface area contributed by atoms with Crippen LogP contribution in [0.1, 0.15) is 51.3 Å². The van der Waals surface area contributed by atoms with Crippen LogP contribution in [0.2, 0.25) is 0 Å². The number of fused-ring (bicyclic) bond motifs is 1. The second kappa shape index (κ2) is 9.52. The molecule has 0 saturated heterocycles. The number of carbonyl (C=O) groups excluding carboxylic acids is 2. The summed E-state index contributed by atoms with van der Waals surface area (Å²) in [6.07, 6.45) is 0.397. The normalized spacial score (nSPS) is 17.3. The number of amides is 2. The van der Waals surface area contributed by atoms with Crippen LogP contribution in [0.15, 0.2) is 58.4 Å². The van der Waals surface area contributed by atoms with E-state index in [9.17, 15) is 18.0 Å². The molecule has 3 N–H and O–H groups in total. The minimum absolute atomic E-state index is 0.0675. The van der Waals surface area contributed by atoms with Gasteiger partial charge in [-0.05, 0) is 42.7 Å². The van der Waals surface area contributed by atoms with Gasteiger partial charge in [-0.2, -0.15) is 0 Å². The zero-order chi connectivity index (χ0) is 23.5. The number of anilines is 1. The van der Waals surface area contributed by atoms with E-state index in [1.165, 1.54) is 6.07 Å². The monoisotopic (exact) mass is 456 g/mol. The molecular weight excluding hydrogens is 428 g/mol. The van der Waals surface area contributed by atoms with Crippen LogP contribution in [0.4, 0.5) is 5.69 Å². The van der Waals surface area contributed by atoms with Gasteiger partial charge in [0.25, 0.3) is 10.0 Å². The van der Waals surface area contributed by atoms with Crippen molar-refractivity contribution in [2.24, 2.45) is 10.9 Å². The van der Waals surface area contributed by atoms with Gasteiger partial charge in [0, 0.05) is 17.7 Å². The number of nitrogens with zero attached hydrogens (tertiary/aromatic N) is 1. The van der Waals surface area contributed by atoms with E-state index < -0.39 is 16.1 Å². The van der Waals surface area contributed by atoms with Crippen LogP contribution in [-0.2, 0) is 19.6 Å². The van der Waals surface area contributed by atoms with Gasteiger partial charge in [0.15, 0.2) is 0 Å². The smallest absolute Gasteiger partial charge is 0.263 e. The molecule has 1 heterocycles. The van der Waals surface area contributed by atoms with Gasteiger partial charge in [-0.3, -0.25) is 19.3 Å². The average molecular weight is 457 g/mol. The van der Waals surface area contributed by atoms with Crippen molar-refractivity contribution in [1.82, 2.24) is 10.0 Å². The first-order valence-electron chi connectivity index (χ1n) is 10.5. The molecule has 0 aromatic heterocycles. The summed E-state index contributed by atoms with van der Waals surface area (Å²) in [4.78, 5) is 29.2. The lowest BCUT2D eigenvalue weighted by molar-refractivity contribution is -0.123. The van der Waals surface area contributed by atoms with Gasteiger partial charge in [-0.25, -0.2) is 8.42 Å². The molecule has 2 aromatic rings. The van der Waals surface area contributed by atoms with E-state index in [1.807, 2.05) is 32.9 Å². The SMILES string of the molecule is CCC(=O)Nc1ccc(C(C)NC(=O)[C@@H](N=C2NS(=O)(=O)c3ccccc32)C(C)C)cc1. The van der Waals surface area contributed by atoms with Gasteiger partial charge >= 0.3 is 0 Å². The molecule has 2 aromatic carbocycles. The van der Waals surface area contributed by atoms with Crippen molar-refractivity contribution in [3.63, 3.8) is 0 Å². The lowest BCUT2D eigenvalue weighted by Gasteiger charge is -2.21. The Morgan fingerprint density at radius 3 is 2.31 bits per heavy atom. The topological polar surface area (TPSA) is 117 Å². The quantitative estimate of drug-likeness (QED) is 0.594. The van der Waals surface area contributed by atoms with Gasteiger partial charge in [-0.15, -0.1) is 0 Å². The maximum absolute atomic E-state index is 13.0. The Labute approximate surface area is 188 Å². The van der Waals surface area contributed by atoms with E-state index in [-0.39, 0.29) is 34.5 Å². The van der Waals surface area contributed by atoms with Gasteiger partial charge in [0.1, 0.15) is 11.9 Å². The third kappa shape index (κ3) is 5.16. The van der Waals surface area contributed by atoms with E-state index in [2.05, 4.69) is 20.3 Å². The Hall–Kier alpha value is -3.20. The summed E-state index contributed by atoms with van der Waals surface area (Å²) in [6, 6.07) is 12.7. The van der Waals surface area contributed by atoms with Crippen LogP contribution in [-0.4, -0.2) is 32.1 Å². The molecule has 170 valence electrons. The van der Waals surface area contributed by atoms with Gasteiger partial charge in [0.05, 0.1) is 10.9 Å². The van der Waals surface area contributed by atoms with Crippen molar-refractivity contribution in [3.05, 3.63) is 59.7 Å². The molecule has 1 aliphatic rings. The molecule has 0 aliphatic carbocycles. The summed E-state index contributed by atoms with van der Waals surface area (Å²) in [5, 5.41) is 5.74. The molecular formula is C23H28N4O4S. The first-order valence-corrected chi connectivity index (χ1v) is 12.0. The fourth-order valence-corrected chi connectivity index (χ4v) is 4.60. The molecule has 1 unspecified atom stereocenters. The van der Waals surface area contributed by atoms with Crippen LogP contribution in [0, 0.1) is 5.92 Å². The molecule has 0 fully saturated rings. The fourth-order valence-electron chi connectivity index (χ4n) is 3.37. The summed E-state index contributed by atoms with van der Waals surface area (Å²) in [6.45, 7) is 7.36. The molecule has 0 radical (unpaired) electrons. The molecule has 0 spiro atoms. The van der Waals surface area contributed by atoms with Crippen LogP contribution in [0.3, 0.4) is 0 Å². The second-order valence-electron chi connectivity index (χ2n) is 8.02. The van der Waals surface area contributed by atoms with Gasteiger partial charge in [0.2, 0.25) is 11.8 Å². The molecule has 8 nitrogen and oxygen atoms in total.